The second-order valence-corrected chi connectivity index (χ2v) is 4.27. The van der Waals surface area contributed by atoms with Gasteiger partial charge in [-0.2, -0.15) is 0 Å². The first-order valence-corrected chi connectivity index (χ1v) is 5.49. The summed E-state index contributed by atoms with van der Waals surface area (Å²) in [5, 5.41) is 0. The van der Waals surface area contributed by atoms with Crippen LogP contribution in [0.5, 0.6) is 11.5 Å². The summed E-state index contributed by atoms with van der Waals surface area (Å²) in [4.78, 5) is 3.95. The molecule has 1 aromatic heterocycles. The monoisotopic (exact) mass is 281 g/mol. The zero-order chi connectivity index (χ0) is 11.5. The van der Waals surface area contributed by atoms with E-state index in [-0.39, 0.29) is 5.82 Å². The summed E-state index contributed by atoms with van der Waals surface area (Å²) >= 11 is 3.28. The second-order valence-electron chi connectivity index (χ2n) is 3.35. The van der Waals surface area contributed by atoms with Crippen LogP contribution in [0.1, 0.15) is 5.56 Å². The minimum Gasteiger partial charge on any atom is -0.456 e. The number of pyridine rings is 1. The van der Waals surface area contributed by atoms with Gasteiger partial charge in [-0.3, -0.25) is 4.98 Å². The highest BCUT2D eigenvalue weighted by Gasteiger charge is 2.02. The Kier molecular flexibility index (Phi) is 3.19. The molecule has 0 unspecified atom stereocenters. The quantitative estimate of drug-likeness (QED) is 0.827. The van der Waals surface area contributed by atoms with Crippen LogP contribution in [0.15, 0.2) is 41.1 Å². The molecule has 0 N–H and O–H groups in total. The fraction of sp³-hybridized carbons (Fsp3) is 0.0833. The minimum atomic E-state index is -0.277. The highest BCUT2D eigenvalue weighted by molar-refractivity contribution is 9.10. The maximum absolute atomic E-state index is 13.3. The summed E-state index contributed by atoms with van der Waals surface area (Å²) in [6, 6.07) is 6.52. The molecule has 0 amide bonds. The van der Waals surface area contributed by atoms with Gasteiger partial charge in [0.15, 0.2) is 0 Å². The van der Waals surface area contributed by atoms with Crippen molar-refractivity contribution in [2.45, 2.75) is 6.92 Å². The molecule has 1 heterocycles. The summed E-state index contributed by atoms with van der Waals surface area (Å²) in [5.41, 5.74) is 0.597. The van der Waals surface area contributed by atoms with Gasteiger partial charge in [-0.05, 0) is 40.5 Å². The SMILES string of the molecule is Cc1ccc(Oc2cncc(Br)c2)cc1F. The Hall–Kier alpha value is -1.42. The van der Waals surface area contributed by atoms with Gasteiger partial charge in [0.25, 0.3) is 0 Å². The van der Waals surface area contributed by atoms with Gasteiger partial charge in [-0.15, -0.1) is 0 Å². The number of benzene rings is 1. The lowest BCUT2D eigenvalue weighted by atomic mass is 10.2. The van der Waals surface area contributed by atoms with E-state index in [0.717, 1.165) is 4.47 Å². The summed E-state index contributed by atoms with van der Waals surface area (Å²) in [6.45, 7) is 1.71. The van der Waals surface area contributed by atoms with E-state index in [1.165, 1.54) is 6.07 Å². The zero-order valence-electron chi connectivity index (χ0n) is 8.58. The van der Waals surface area contributed by atoms with Crippen LogP contribution in [0.25, 0.3) is 0 Å². The predicted molar refractivity (Wildman–Crippen MR) is 63.1 cm³/mol. The molecule has 0 aliphatic rings. The number of rotatable bonds is 2. The van der Waals surface area contributed by atoms with E-state index in [1.807, 2.05) is 0 Å². The Bertz CT molecular complexity index is 516. The highest BCUT2D eigenvalue weighted by Crippen LogP contribution is 2.24. The molecule has 2 aromatic rings. The molecule has 0 spiro atoms. The lowest BCUT2D eigenvalue weighted by Crippen LogP contribution is -1.88. The van der Waals surface area contributed by atoms with E-state index in [2.05, 4.69) is 20.9 Å². The summed E-state index contributed by atoms with van der Waals surface area (Å²) < 4.78 is 19.5. The van der Waals surface area contributed by atoms with Gasteiger partial charge in [0.05, 0.1) is 6.20 Å². The standard InChI is InChI=1S/C12H9BrFNO/c1-8-2-3-10(5-12(8)14)16-11-4-9(13)6-15-7-11/h2-7H,1H3. The van der Waals surface area contributed by atoms with E-state index in [1.54, 1.807) is 37.5 Å². The average Bonchev–Trinajstić information content (AvgIpc) is 2.24. The molecule has 82 valence electrons. The average molecular weight is 282 g/mol. The summed E-state index contributed by atoms with van der Waals surface area (Å²) in [5.74, 6) is 0.751. The maximum Gasteiger partial charge on any atom is 0.146 e. The Balaban J connectivity index is 2.24. The van der Waals surface area contributed by atoms with Crippen molar-refractivity contribution in [3.8, 4) is 11.5 Å². The molecule has 0 atom stereocenters. The Morgan fingerprint density at radius 3 is 2.69 bits per heavy atom. The van der Waals surface area contributed by atoms with Crippen LogP contribution in [0.2, 0.25) is 0 Å². The van der Waals surface area contributed by atoms with Gasteiger partial charge in [0.2, 0.25) is 0 Å². The van der Waals surface area contributed by atoms with Gasteiger partial charge in [-0.1, -0.05) is 6.07 Å². The lowest BCUT2D eigenvalue weighted by Gasteiger charge is -2.06. The first-order valence-electron chi connectivity index (χ1n) is 4.70. The van der Waals surface area contributed by atoms with Gasteiger partial charge in [0.1, 0.15) is 17.3 Å². The molecule has 16 heavy (non-hydrogen) atoms. The highest BCUT2D eigenvalue weighted by atomic mass is 79.9. The topological polar surface area (TPSA) is 22.1 Å². The van der Waals surface area contributed by atoms with E-state index in [4.69, 9.17) is 4.74 Å². The fourth-order valence-corrected chi connectivity index (χ4v) is 1.57. The fourth-order valence-electron chi connectivity index (χ4n) is 1.22. The first-order chi connectivity index (χ1) is 7.65. The van der Waals surface area contributed by atoms with Gasteiger partial charge in [0, 0.05) is 16.7 Å². The van der Waals surface area contributed by atoms with E-state index < -0.39 is 0 Å². The smallest absolute Gasteiger partial charge is 0.146 e. The van der Waals surface area contributed by atoms with Crippen LogP contribution in [-0.2, 0) is 0 Å². The molecular formula is C12H9BrFNO. The number of aryl methyl sites for hydroxylation is 1. The molecule has 0 saturated heterocycles. The van der Waals surface area contributed by atoms with E-state index in [0.29, 0.717) is 17.1 Å². The van der Waals surface area contributed by atoms with Gasteiger partial charge >= 0.3 is 0 Å². The molecule has 4 heteroatoms. The maximum atomic E-state index is 13.3. The number of ether oxygens (including phenoxy) is 1. The molecule has 0 bridgehead atoms. The van der Waals surface area contributed by atoms with Crippen molar-refractivity contribution in [1.29, 1.82) is 0 Å². The lowest BCUT2D eigenvalue weighted by molar-refractivity contribution is 0.473. The molecule has 0 radical (unpaired) electrons. The summed E-state index contributed by atoms with van der Waals surface area (Å²) in [6.07, 6.45) is 3.23. The van der Waals surface area contributed by atoms with Crippen LogP contribution in [0.4, 0.5) is 4.39 Å². The van der Waals surface area contributed by atoms with E-state index >= 15 is 0 Å². The molecular weight excluding hydrogens is 273 g/mol. The predicted octanol–water partition coefficient (Wildman–Crippen LogP) is 4.08. The molecule has 2 rings (SSSR count). The largest absolute Gasteiger partial charge is 0.456 e. The minimum absolute atomic E-state index is 0.277. The van der Waals surface area contributed by atoms with Crippen LogP contribution < -0.4 is 4.74 Å². The molecule has 0 aliphatic carbocycles. The molecule has 1 aromatic carbocycles. The number of hydrogen-bond acceptors (Lipinski definition) is 2. The first kappa shape index (κ1) is 11.1. The Morgan fingerprint density at radius 2 is 2.00 bits per heavy atom. The second kappa shape index (κ2) is 4.61. The third-order valence-corrected chi connectivity index (χ3v) is 2.49. The van der Waals surface area contributed by atoms with Crippen molar-refractivity contribution < 1.29 is 9.13 Å². The normalized spacial score (nSPS) is 10.2. The van der Waals surface area contributed by atoms with Crippen molar-refractivity contribution in [3.63, 3.8) is 0 Å². The zero-order valence-corrected chi connectivity index (χ0v) is 10.2. The number of halogens is 2. The van der Waals surface area contributed by atoms with Crippen molar-refractivity contribution in [1.82, 2.24) is 4.98 Å². The van der Waals surface area contributed by atoms with Gasteiger partial charge < -0.3 is 4.74 Å². The summed E-state index contributed by atoms with van der Waals surface area (Å²) in [7, 11) is 0. The third-order valence-electron chi connectivity index (χ3n) is 2.06. The van der Waals surface area contributed by atoms with Crippen LogP contribution >= 0.6 is 15.9 Å². The van der Waals surface area contributed by atoms with Crippen molar-refractivity contribution in [3.05, 3.63) is 52.5 Å². The van der Waals surface area contributed by atoms with Gasteiger partial charge in [-0.25, -0.2) is 4.39 Å². The molecule has 0 saturated carbocycles. The van der Waals surface area contributed by atoms with Crippen LogP contribution in [0, 0.1) is 12.7 Å². The van der Waals surface area contributed by atoms with Crippen molar-refractivity contribution in [2.24, 2.45) is 0 Å². The van der Waals surface area contributed by atoms with Crippen molar-refractivity contribution >= 4 is 15.9 Å². The van der Waals surface area contributed by atoms with Crippen LogP contribution in [-0.4, -0.2) is 4.98 Å². The van der Waals surface area contributed by atoms with Crippen LogP contribution in [0.3, 0.4) is 0 Å². The number of nitrogens with zero attached hydrogens (tertiary/aromatic N) is 1. The Labute approximate surface area is 101 Å². The van der Waals surface area contributed by atoms with E-state index in [9.17, 15) is 4.39 Å². The Morgan fingerprint density at radius 1 is 1.19 bits per heavy atom. The molecule has 0 fully saturated rings. The molecule has 2 nitrogen and oxygen atoms in total. The van der Waals surface area contributed by atoms with Crippen molar-refractivity contribution in [2.75, 3.05) is 0 Å². The number of hydrogen-bond donors (Lipinski definition) is 0. The third kappa shape index (κ3) is 2.58. The molecule has 0 aliphatic heterocycles. The number of aromatic nitrogens is 1.